The summed E-state index contributed by atoms with van der Waals surface area (Å²) in [4.78, 5) is 0. The van der Waals surface area contributed by atoms with Gasteiger partial charge in [0.1, 0.15) is 5.82 Å². The van der Waals surface area contributed by atoms with E-state index in [1.807, 2.05) is 13.0 Å². The average Bonchev–Trinajstić information content (AvgIpc) is 2.35. The maximum Gasteiger partial charge on any atom is 0.126 e. The molecule has 0 bridgehead atoms. The van der Waals surface area contributed by atoms with Gasteiger partial charge in [0.2, 0.25) is 0 Å². The van der Waals surface area contributed by atoms with Crippen molar-refractivity contribution >= 4 is 0 Å². The first kappa shape index (κ1) is 18.2. The van der Waals surface area contributed by atoms with Gasteiger partial charge >= 0.3 is 0 Å². The van der Waals surface area contributed by atoms with Gasteiger partial charge in [-0.05, 0) is 61.3 Å². The number of rotatable bonds is 7. The van der Waals surface area contributed by atoms with Crippen molar-refractivity contribution in [1.29, 1.82) is 0 Å². The summed E-state index contributed by atoms with van der Waals surface area (Å²) in [5, 5.41) is 3.58. The van der Waals surface area contributed by atoms with E-state index >= 15 is 0 Å². The van der Waals surface area contributed by atoms with Crippen molar-refractivity contribution in [1.82, 2.24) is 5.32 Å². The van der Waals surface area contributed by atoms with Crippen molar-refractivity contribution in [3.8, 4) is 0 Å². The quantitative estimate of drug-likeness (QED) is 0.686. The lowest BCUT2D eigenvalue weighted by Gasteiger charge is -2.27. The van der Waals surface area contributed by atoms with Gasteiger partial charge in [-0.25, -0.2) is 4.39 Å². The minimum atomic E-state index is -0.0979. The minimum absolute atomic E-state index is 0.0979. The lowest BCUT2D eigenvalue weighted by molar-refractivity contribution is 0.275. The van der Waals surface area contributed by atoms with Crippen LogP contribution in [-0.4, -0.2) is 6.54 Å². The highest BCUT2D eigenvalue weighted by molar-refractivity contribution is 5.25. The van der Waals surface area contributed by atoms with Gasteiger partial charge in [-0.3, -0.25) is 0 Å². The van der Waals surface area contributed by atoms with Gasteiger partial charge < -0.3 is 5.32 Å². The van der Waals surface area contributed by atoms with Crippen LogP contribution in [0, 0.1) is 24.1 Å². The van der Waals surface area contributed by atoms with Crippen LogP contribution in [0.15, 0.2) is 18.2 Å². The van der Waals surface area contributed by atoms with E-state index in [4.69, 9.17) is 0 Å². The van der Waals surface area contributed by atoms with Crippen LogP contribution >= 0.6 is 0 Å². The third-order valence-electron chi connectivity index (χ3n) is 3.84. The molecule has 0 spiro atoms. The van der Waals surface area contributed by atoms with E-state index in [1.54, 1.807) is 6.07 Å². The summed E-state index contributed by atoms with van der Waals surface area (Å²) in [6.45, 7) is 14.1. The molecule has 0 radical (unpaired) electrons. The molecule has 2 atom stereocenters. The van der Waals surface area contributed by atoms with Crippen molar-refractivity contribution in [3.05, 3.63) is 35.1 Å². The Kier molecular flexibility index (Phi) is 6.86. The predicted molar refractivity (Wildman–Crippen MR) is 90.0 cm³/mol. The Bertz CT molecular complexity index is 434. The number of aryl methyl sites for hydroxylation is 1. The highest BCUT2D eigenvalue weighted by Gasteiger charge is 2.20. The lowest BCUT2D eigenvalue weighted by Crippen LogP contribution is -2.25. The minimum Gasteiger partial charge on any atom is -0.310 e. The molecule has 120 valence electrons. The maximum absolute atomic E-state index is 13.8. The highest BCUT2D eigenvalue weighted by Crippen LogP contribution is 2.31. The number of hydrogen-bond acceptors (Lipinski definition) is 1. The molecule has 21 heavy (non-hydrogen) atoms. The van der Waals surface area contributed by atoms with Gasteiger partial charge in [0, 0.05) is 6.04 Å². The van der Waals surface area contributed by atoms with Crippen LogP contribution in [0.25, 0.3) is 0 Å². The first-order chi connectivity index (χ1) is 9.73. The van der Waals surface area contributed by atoms with Crippen molar-refractivity contribution in [2.45, 2.75) is 66.8 Å². The standard InChI is InChI=1S/C19H32FN/c1-7-10-21-18(11-14(2)13-19(4,5)6)16-9-8-15(3)17(20)12-16/h8-9,12,14,18,21H,7,10-11,13H2,1-6H3. The van der Waals surface area contributed by atoms with Crippen LogP contribution in [0.3, 0.4) is 0 Å². The van der Waals surface area contributed by atoms with E-state index in [0.29, 0.717) is 11.3 Å². The van der Waals surface area contributed by atoms with Crippen molar-refractivity contribution in [2.24, 2.45) is 11.3 Å². The zero-order valence-electron chi connectivity index (χ0n) is 14.6. The zero-order chi connectivity index (χ0) is 16.0. The summed E-state index contributed by atoms with van der Waals surface area (Å²) in [5.74, 6) is 0.517. The van der Waals surface area contributed by atoms with Gasteiger partial charge in [-0.2, -0.15) is 0 Å². The van der Waals surface area contributed by atoms with Gasteiger partial charge in [0.15, 0.2) is 0 Å². The average molecular weight is 293 g/mol. The van der Waals surface area contributed by atoms with Crippen molar-refractivity contribution in [2.75, 3.05) is 6.54 Å². The van der Waals surface area contributed by atoms with Gasteiger partial charge in [0.25, 0.3) is 0 Å². The summed E-state index contributed by atoms with van der Waals surface area (Å²) in [7, 11) is 0. The fourth-order valence-corrected chi connectivity index (χ4v) is 3.01. The largest absolute Gasteiger partial charge is 0.310 e. The Hall–Kier alpha value is -0.890. The molecule has 0 saturated carbocycles. The molecule has 1 rings (SSSR count). The smallest absolute Gasteiger partial charge is 0.126 e. The van der Waals surface area contributed by atoms with Gasteiger partial charge in [-0.15, -0.1) is 0 Å². The Morgan fingerprint density at radius 3 is 2.43 bits per heavy atom. The first-order valence-corrected chi connectivity index (χ1v) is 8.22. The van der Waals surface area contributed by atoms with E-state index < -0.39 is 0 Å². The molecular formula is C19H32FN. The predicted octanol–water partition coefficient (Wildman–Crippen LogP) is 5.64. The van der Waals surface area contributed by atoms with Crippen LogP contribution < -0.4 is 5.32 Å². The summed E-state index contributed by atoms with van der Waals surface area (Å²) in [5.41, 5.74) is 2.14. The fourth-order valence-electron chi connectivity index (χ4n) is 3.01. The Labute approximate surface area is 130 Å². The number of benzene rings is 1. The third kappa shape index (κ3) is 6.60. The van der Waals surface area contributed by atoms with Crippen molar-refractivity contribution < 1.29 is 4.39 Å². The van der Waals surface area contributed by atoms with Crippen LogP contribution in [0.5, 0.6) is 0 Å². The van der Waals surface area contributed by atoms with E-state index in [-0.39, 0.29) is 11.9 Å². The first-order valence-electron chi connectivity index (χ1n) is 8.22. The lowest BCUT2D eigenvalue weighted by atomic mass is 9.82. The van der Waals surface area contributed by atoms with Crippen LogP contribution in [0.2, 0.25) is 0 Å². The highest BCUT2D eigenvalue weighted by atomic mass is 19.1. The number of nitrogens with one attached hydrogen (secondary N) is 1. The molecule has 1 nitrogen and oxygen atoms in total. The fraction of sp³-hybridized carbons (Fsp3) is 0.684. The SMILES string of the molecule is CCCNC(CC(C)CC(C)(C)C)c1ccc(C)c(F)c1. The zero-order valence-corrected chi connectivity index (χ0v) is 14.6. The second kappa shape index (κ2) is 7.93. The normalized spacial score (nSPS) is 15.0. The molecule has 0 aliphatic rings. The van der Waals surface area contributed by atoms with E-state index in [2.05, 4.69) is 46.0 Å². The molecular weight excluding hydrogens is 261 g/mol. The molecule has 0 aliphatic carbocycles. The molecule has 2 heteroatoms. The summed E-state index contributed by atoms with van der Waals surface area (Å²) < 4.78 is 13.8. The number of halogens is 1. The molecule has 1 aromatic carbocycles. The van der Waals surface area contributed by atoms with Crippen molar-refractivity contribution in [3.63, 3.8) is 0 Å². The van der Waals surface area contributed by atoms with E-state index in [0.717, 1.165) is 30.5 Å². The second-order valence-corrected chi connectivity index (χ2v) is 7.62. The molecule has 0 fully saturated rings. The van der Waals surface area contributed by atoms with Crippen LogP contribution in [0.4, 0.5) is 4.39 Å². The molecule has 0 amide bonds. The topological polar surface area (TPSA) is 12.0 Å². The third-order valence-corrected chi connectivity index (χ3v) is 3.84. The Balaban J connectivity index is 2.81. The summed E-state index contributed by atoms with van der Waals surface area (Å²) in [6.07, 6.45) is 3.34. The molecule has 2 unspecified atom stereocenters. The second-order valence-electron chi connectivity index (χ2n) is 7.62. The Morgan fingerprint density at radius 2 is 1.90 bits per heavy atom. The van der Waals surface area contributed by atoms with E-state index in [1.165, 1.54) is 6.42 Å². The van der Waals surface area contributed by atoms with E-state index in [9.17, 15) is 4.39 Å². The summed E-state index contributed by atoms with van der Waals surface area (Å²) >= 11 is 0. The molecule has 1 N–H and O–H groups in total. The van der Waals surface area contributed by atoms with Gasteiger partial charge in [0.05, 0.1) is 0 Å². The molecule has 1 aromatic rings. The van der Waals surface area contributed by atoms with Gasteiger partial charge in [-0.1, -0.05) is 46.8 Å². The molecule has 0 saturated heterocycles. The molecule has 0 aliphatic heterocycles. The monoisotopic (exact) mass is 293 g/mol. The molecule has 0 heterocycles. The van der Waals surface area contributed by atoms with Crippen LogP contribution in [-0.2, 0) is 0 Å². The number of hydrogen-bond donors (Lipinski definition) is 1. The Morgan fingerprint density at radius 1 is 1.24 bits per heavy atom. The van der Waals surface area contributed by atoms with Crippen LogP contribution in [0.1, 0.15) is 71.0 Å². The summed E-state index contributed by atoms with van der Waals surface area (Å²) in [6, 6.07) is 5.90. The molecule has 0 aromatic heterocycles. The maximum atomic E-state index is 13.8.